The molecule has 5 heteroatoms. The Labute approximate surface area is 190 Å². The third kappa shape index (κ3) is 5.83. The predicted molar refractivity (Wildman–Crippen MR) is 130 cm³/mol. The molecule has 0 saturated carbocycles. The Morgan fingerprint density at radius 1 is 0.844 bits per heavy atom. The molecule has 3 aromatic carbocycles. The molecule has 0 saturated heterocycles. The molecule has 3 aromatic rings. The molecule has 0 heterocycles. The molecule has 2 amide bonds. The highest BCUT2D eigenvalue weighted by Crippen LogP contribution is 2.22. The van der Waals surface area contributed by atoms with E-state index in [0.29, 0.717) is 0 Å². The molecule has 0 unspecified atom stereocenters. The van der Waals surface area contributed by atoms with Crippen LogP contribution in [0.1, 0.15) is 35.2 Å². The van der Waals surface area contributed by atoms with Crippen LogP contribution in [-0.4, -0.2) is 36.3 Å². The van der Waals surface area contributed by atoms with Gasteiger partial charge in [-0.05, 0) is 56.1 Å². The highest BCUT2D eigenvalue weighted by Gasteiger charge is 2.24. The first-order chi connectivity index (χ1) is 15.4. The van der Waals surface area contributed by atoms with Crippen molar-refractivity contribution in [3.05, 3.63) is 101 Å². The highest BCUT2D eigenvalue weighted by molar-refractivity contribution is 5.93. The number of amides is 2. The van der Waals surface area contributed by atoms with Crippen LogP contribution in [0.2, 0.25) is 0 Å². The first-order valence-electron chi connectivity index (χ1n) is 10.8. The summed E-state index contributed by atoms with van der Waals surface area (Å²) in [5.41, 5.74) is 4.98. The fourth-order valence-electron chi connectivity index (χ4n) is 3.55. The number of hydrogen-bond acceptors (Lipinski definition) is 3. The third-order valence-electron chi connectivity index (χ3n) is 5.86. The van der Waals surface area contributed by atoms with Crippen LogP contribution in [0, 0.1) is 13.8 Å². The molecule has 0 aliphatic heterocycles. The Balaban J connectivity index is 1.66. The smallest absolute Gasteiger partial charge is 0.238 e. The summed E-state index contributed by atoms with van der Waals surface area (Å²) in [5.74, 6) is -0.284. The number of benzene rings is 3. The second-order valence-electron chi connectivity index (χ2n) is 8.15. The largest absolute Gasteiger partial charge is 0.344 e. The fourth-order valence-corrected chi connectivity index (χ4v) is 3.55. The van der Waals surface area contributed by atoms with Gasteiger partial charge < -0.3 is 10.6 Å². The van der Waals surface area contributed by atoms with Gasteiger partial charge in [-0.25, -0.2) is 0 Å². The van der Waals surface area contributed by atoms with E-state index in [2.05, 4.69) is 10.6 Å². The highest BCUT2D eigenvalue weighted by atomic mass is 16.2. The maximum atomic E-state index is 13.1. The molecule has 3 rings (SSSR count). The molecule has 2 N–H and O–H groups in total. The molecular formula is C27H31N3O2. The van der Waals surface area contributed by atoms with E-state index in [4.69, 9.17) is 0 Å². The van der Waals surface area contributed by atoms with Gasteiger partial charge >= 0.3 is 0 Å². The number of carbonyl (C=O) groups excluding carboxylic acids is 2. The SMILES string of the molecule is Cc1cccc(NC(=O)CN(C)[C@@H](C)C(=O)NC(c2ccccc2)c2ccccc2)c1C. The zero-order valence-corrected chi connectivity index (χ0v) is 19.1. The summed E-state index contributed by atoms with van der Waals surface area (Å²) in [6, 6.07) is 24.9. The molecule has 166 valence electrons. The fraction of sp³-hybridized carbons (Fsp3) is 0.259. The summed E-state index contributed by atoms with van der Waals surface area (Å²) in [5, 5.41) is 6.11. The van der Waals surface area contributed by atoms with Crippen molar-refractivity contribution in [3.63, 3.8) is 0 Å². The first kappa shape index (κ1) is 23.2. The number of hydrogen-bond donors (Lipinski definition) is 2. The van der Waals surface area contributed by atoms with Gasteiger partial charge in [0.2, 0.25) is 11.8 Å². The van der Waals surface area contributed by atoms with Crippen LogP contribution < -0.4 is 10.6 Å². The van der Waals surface area contributed by atoms with Crippen LogP contribution in [0.25, 0.3) is 0 Å². The van der Waals surface area contributed by atoms with E-state index in [1.165, 1.54) is 0 Å². The zero-order chi connectivity index (χ0) is 23.1. The van der Waals surface area contributed by atoms with Gasteiger partial charge in [-0.1, -0.05) is 72.8 Å². The Morgan fingerprint density at radius 2 is 1.41 bits per heavy atom. The van der Waals surface area contributed by atoms with Crippen molar-refractivity contribution in [1.29, 1.82) is 0 Å². The minimum Gasteiger partial charge on any atom is -0.344 e. The second-order valence-corrected chi connectivity index (χ2v) is 8.15. The maximum Gasteiger partial charge on any atom is 0.238 e. The van der Waals surface area contributed by atoms with Crippen molar-refractivity contribution >= 4 is 17.5 Å². The van der Waals surface area contributed by atoms with Crippen LogP contribution in [0.5, 0.6) is 0 Å². The number of nitrogens with zero attached hydrogens (tertiary/aromatic N) is 1. The lowest BCUT2D eigenvalue weighted by atomic mass is 9.98. The van der Waals surface area contributed by atoms with Crippen molar-refractivity contribution in [2.45, 2.75) is 32.9 Å². The normalized spacial score (nSPS) is 11.9. The number of likely N-dealkylation sites (N-methyl/N-ethyl adjacent to an activating group) is 1. The van der Waals surface area contributed by atoms with E-state index in [1.54, 1.807) is 11.9 Å². The van der Waals surface area contributed by atoms with E-state index in [0.717, 1.165) is 27.9 Å². The van der Waals surface area contributed by atoms with E-state index >= 15 is 0 Å². The van der Waals surface area contributed by atoms with Crippen molar-refractivity contribution in [2.24, 2.45) is 0 Å². The Bertz CT molecular complexity index is 1010. The predicted octanol–water partition coefficient (Wildman–Crippen LogP) is 4.47. The summed E-state index contributed by atoms with van der Waals surface area (Å²) >= 11 is 0. The Hall–Kier alpha value is -3.44. The Kier molecular flexibility index (Phi) is 7.79. The molecule has 0 spiro atoms. The van der Waals surface area contributed by atoms with E-state index in [9.17, 15) is 9.59 Å². The van der Waals surface area contributed by atoms with E-state index in [-0.39, 0.29) is 24.4 Å². The monoisotopic (exact) mass is 429 g/mol. The molecule has 32 heavy (non-hydrogen) atoms. The second kappa shape index (κ2) is 10.7. The number of nitrogens with one attached hydrogen (secondary N) is 2. The van der Waals surface area contributed by atoms with E-state index in [1.807, 2.05) is 99.6 Å². The zero-order valence-electron chi connectivity index (χ0n) is 19.1. The summed E-state index contributed by atoms with van der Waals surface area (Å²) in [7, 11) is 1.78. The first-order valence-corrected chi connectivity index (χ1v) is 10.8. The molecule has 0 aliphatic rings. The lowest BCUT2D eigenvalue weighted by Crippen LogP contribution is -2.47. The Morgan fingerprint density at radius 3 is 1.97 bits per heavy atom. The van der Waals surface area contributed by atoms with Crippen molar-refractivity contribution < 1.29 is 9.59 Å². The molecule has 0 aliphatic carbocycles. The molecule has 0 aromatic heterocycles. The number of rotatable bonds is 8. The summed E-state index contributed by atoms with van der Waals surface area (Å²) < 4.78 is 0. The molecule has 0 bridgehead atoms. The van der Waals surface area contributed by atoms with E-state index < -0.39 is 6.04 Å². The quantitative estimate of drug-likeness (QED) is 0.555. The van der Waals surface area contributed by atoms with Crippen LogP contribution in [-0.2, 0) is 9.59 Å². The molecular weight excluding hydrogens is 398 g/mol. The van der Waals surface area contributed by atoms with Crippen molar-refractivity contribution in [3.8, 4) is 0 Å². The van der Waals surface area contributed by atoms with Crippen LogP contribution in [0.4, 0.5) is 5.69 Å². The number of aryl methyl sites for hydroxylation is 1. The average molecular weight is 430 g/mol. The molecule has 5 nitrogen and oxygen atoms in total. The van der Waals surface area contributed by atoms with Gasteiger partial charge in [-0.15, -0.1) is 0 Å². The summed E-state index contributed by atoms with van der Waals surface area (Å²) in [6.07, 6.45) is 0. The molecule has 1 atom stereocenters. The minimum atomic E-state index is -0.478. The lowest BCUT2D eigenvalue weighted by molar-refractivity contribution is -0.127. The van der Waals surface area contributed by atoms with Gasteiger partial charge in [-0.3, -0.25) is 14.5 Å². The standard InChI is InChI=1S/C27H31N3O2/c1-19-12-11-17-24(20(19)2)28-25(31)18-30(4)21(3)27(32)29-26(22-13-7-5-8-14-22)23-15-9-6-10-16-23/h5-17,21,26H,18H2,1-4H3,(H,28,31)(H,29,32)/t21-/m0/s1. The van der Waals surface area contributed by atoms with Crippen LogP contribution in [0.3, 0.4) is 0 Å². The van der Waals surface area contributed by atoms with Crippen molar-refractivity contribution in [2.75, 3.05) is 18.9 Å². The van der Waals surface area contributed by atoms with Gasteiger partial charge in [0.15, 0.2) is 0 Å². The number of carbonyl (C=O) groups is 2. The number of anilines is 1. The summed E-state index contributed by atoms with van der Waals surface area (Å²) in [4.78, 5) is 27.4. The van der Waals surface area contributed by atoms with Crippen LogP contribution >= 0.6 is 0 Å². The third-order valence-corrected chi connectivity index (χ3v) is 5.86. The van der Waals surface area contributed by atoms with Crippen molar-refractivity contribution in [1.82, 2.24) is 10.2 Å². The maximum absolute atomic E-state index is 13.1. The average Bonchev–Trinajstić information content (AvgIpc) is 2.81. The lowest BCUT2D eigenvalue weighted by Gasteiger charge is -2.27. The van der Waals surface area contributed by atoms with Gasteiger partial charge in [-0.2, -0.15) is 0 Å². The van der Waals surface area contributed by atoms with Gasteiger partial charge in [0.1, 0.15) is 0 Å². The van der Waals surface area contributed by atoms with Gasteiger partial charge in [0.05, 0.1) is 18.6 Å². The van der Waals surface area contributed by atoms with Gasteiger partial charge in [0, 0.05) is 5.69 Å². The molecule has 0 fully saturated rings. The minimum absolute atomic E-state index is 0.114. The van der Waals surface area contributed by atoms with Gasteiger partial charge in [0.25, 0.3) is 0 Å². The summed E-state index contributed by atoms with van der Waals surface area (Å²) in [6.45, 7) is 5.92. The van der Waals surface area contributed by atoms with Crippen LogP contribution in [0.15, 0.2) is 78.9 Å². The molecule has 0 radical (unpaired) electrons. The topological polar surface area (TPSA) is 61.4 Å².